The van der Waals surface area contributed by atoms with Crippen molar-refractivity contribution in [1.82, 2.24) is 25.0 Å². The lowest BCUT2D eigenvalue weighted by molar-refractivity contribution is -0.136. The zero-order valence-electron chi connectivity index (χ0n) is 15.9. The molecule has 3 rings (SSSR count). The summed E-state index contributed by atoms with van der Waals surface area (Å²) >= 11 is 1.37. The molecule has 1 fully saturated rings. The molecule has 0 saturated carbocycles. The van der Waals surface area contributed by atoms with Crippen LogP contribution < -0.4 is 5.32 Å². The lowest BCUT2D eigenvalue weighted by Gasteiger charge is -2.23. The number of rotatable bonds is 6. The van der Waals surface area contributed by atoms with E-state index in [1.165, 1.54) is 11.8 Å². The molecule has 1 N–H and O–H groups in total. The molecule has 1 aliphatic heterocycles. The number of aromatic nitrogens is 3. The topological polar surface area (TPSA) is 80.1 Å². The molecule has 27 heavy (non-hydrogen) atoms. The lowest BCUT2D eigenvalue weighted by Crippen LogP contribution is -2.45. The van der Waals surface area contributed by atoms with Gasteiger partial charge < -0.3 is 14.8 Å². The van der Waals surface area contributed by atoms with Crippen molar-refractivity contribution in [3.63, 3.8) is 0 Å². The highest BCUT2D eigenvalue weighted by molar-refractivity contribution is 7.99. The number of aryl methyl sites for hydroxylation is 1. The molecule has 1 aliphatic rings. The van der Waals surface area contributed by atoms with Gasteiger partial charge in [-0.3, -0.25) is 9.59 Å². The Hall–Kier alpha value is -2.35. The van der Waals surface area contributed by atoms with Crippen LogP contribution in [-0.2, 0) is 16.1 Å². The Morgan fingerprint density at radius 1 is 1.33 bits per heavy atom. The monoisotopic (exact) mass is 387 g/mol. The molecule has 2 amide bonds. The minimum atomic E-state index is -0.352. The fourth-order valence-electron chi connectivity index (χ4n) is 3.39. The van der Waals surface area contributed by atoms with Gasteiger partial charge in [0.1, 0.15) is 6.04 Å². The molecular formula is C19H25N5O2S. The summed E-state index contributed by atoms with van der Waals surface area (Å²) in [5.74, 6) is 0.929. The number of hydrogen-bond acceptors (Lipinski definition) is 5. The molecule has 1 atom stereocenters. The molecule has 1 aromatic carbocycles. The number of amides is 2. The van der Waals surface area contributed by atoms with Gasteiger partial charge in [0.2, 0.25) is 11.8 Å². The smallest absolute Gasteiger partial charge is 0.242 e. The third-order valence-electron chi connectivity index (χ3n) is 4.76. The highest BCUT2D eigenvalue weighted by atomic mass is 32.2. The Bertz CT molecular complexity index is 835. The molecule has 144 valence electrons. The van der Waals surface area contributed by atoms with Crippen LogP contribution >= 0.6 is 11.8 Å². The van der Waals surface area contributed by atoms with E-state index in [1.807, 2.05) is 36.6 Å². The van der Waals surface area contributed by atoms with Crippen LogP contribution in [0.1, 0.15) is 25.3 Å². The molecule has 1 saturated heterocycles. The van der Waals surface area contributed by atoms with Crippen LogP contribution in [0.25, 0.3) is 11.4 Å². The van der Waals surface area contributed by atoms with E-state index in [4.69, 9.17) is 0 Å². The Balaban J connectivity index is 1.71. The highest BCUT2D eigenvalue weighted by Crippen LogP contribution is 2.26. The molecule has 0 spiro atoms. The van der Waals surface area contributed by atoms with Gasteiger partial charge >= 0.3 is 0 Å². The van der Waals surface area contributed by atoms with Gasteiger partial charge in [0, 0.05) is 25.7 Å². The first-order valence-corrected chi connectivity index (χ1v) is 10.2. The summed E-state index contributed by atoms with van der Waals surface area (Å²) in [5.41, 5.74) is 2.18. The number of likely N-dealkylation sites (N-methyl/N-ethyl adjacent to an activating group) is 1. The number of carbonyl (C=O) groups excluding carboxylic acids is 2. The standard InChI is InChI=1S/C19H25N5O2S/c1-4-23-17(14-8-5-7-13(2)11-14)21-22-19(23)27-12-16(25)24-10-6-9-15(24)18(26)20-3/h5,7-8,11,15H,4,6,9-10,12H2,1-3H3,(H,20,26). The Morgan fingerprint density at radius 3 is 2.85 bits per heavy atom. The first kappa shape index (κ1) is 19.4. The fourth-order valence-corrected chi connectivity index (χ4v) is 4.28. The van der Waals surface area contributed by atoms with Gasteiger partial charge in [-0.15, -0.1) is 10.2 Å². The van der Waals surface area contributed by atoms with E-state index in [2.05, 4.69) is 21.6 Å². The van der Waals surface area contributed by atoms with Crippen molar-refractivity contribution in [1.29, 1.82) is 0 Å². The number of likely N-dealkylation sites (tertiary alicyclic amines) is 1. The van der Waals surface area contributed by atoms with Gasteiger partial charge in [-0.2, -0.15) is 0 Å². The van der Waals surface area contributed by atoms with Crippen LogP contribution in [0.5, 0.6) is 0 Å². The first-order chi connectivity index (χ1) is 13.0. The summed E-state index contributed by atoms with van der Waals surface area (Å²) in [4.78, 5) is 26.3. The zero-order chi connectivity index (χ0) is 19.4. The number of nitrogens with zero attached hydrogens (tertiary/aromatic N) is 4. The quantitative estimate of drug-likeness (QED) is 0.768. The molecule has 1 unspecified atom stereocenters. The SMILES string of the molecule is CCn1c(SCC(=O)N2CCCC2C(=O)NC)nnc1-c1cccc(C)c1. The van der Waals surface area contributed by atoms with Crippen molar-refractivity contribution in [2.45, 2.75) is 44.4 Å². The van der Waals surface area contributed by atoms with Crippen molar-refractivity contribution in [3.8, 4) is 11.4 Å². The minimum absolute atomic E-state index is 0.0335. The van der Waals surface area contributed by atoms with Crippen molar-refractivity contribution < 1.29 is 9.59 Å². The maximum absolute atomic E-state index is 12.6. The molecule has 2 aromatic rings. The average molecular weight is 388 g/mol. The van der Waals surface area contributed by atoms with E-state index in [0.717, 1.165) is 41.5 Å². The van der Waals surface area contributed by atoms with Crippen LogP contribution in [0.2, 0.25) is 0 Å². The van der Waals surface area contributed by atoms with Crippen LogP contribution in [0, 0.1) is 6.92 Å². The molecule has 7 nitrogen and oxygen atoms in total. The Kier molecular flexibility index (Phi) is 6.15. The van der Waals surface area contributed by atoms with Crippen LogP contribution in [0.4, 0.5) is 0 Å². The number of nitrogens with one attached hydrogen (secondary N) is 1. The Morgan fingerprint density at radius 2 is 2.15 bits per heavy atom. The normalized spacial score (nSPS) is 16.6. The molecule has 2 heterocycles. The first-order valence-electron chi connectivity index (χ1n) is 9.19. The second kappa shape index (κ2) is 8.56. The van der Waals surface area contributed by atoms with Crippen molar-refractivity contribution in [2.24, 2.45) is 0 Å². The maximum Gasteiger partial charge on any atom is 0.242 e. The summed E-state index contributed by atoms with van der Waals surface area (Å²) in [6.45, 7) is 5.43. The van der Waals surface area contributed by atoms with Gasteiger partial charge in [-0.1, -0.05) is 35.5 Å². The van der Waals surface area contributed by atoms with E-state index < -0.39 is 0 Å². The third-order valence-corrected chi connectivity index (χ3v) is 5.71. The van der Waals surface area contributed by atoms with Gasteiger partial charge in [-0.05, 0) is 32.8 Å². The number of carbonyl (C=O) groups is 2. The van der Waals surface area contributed by atoms with Crippen LogP contribution in [0.3, 0.4) is 0 Å². The summed E-state index contributed by atoms with van der Waals surface area (Å²) in [6.07, 6.45) is 1.58. The van der Waals surface area contributed by atoms with E-state index in [1.54, 1.807) is 11.9 Å². The van der Waals surface area contributed by atoms with Gasteiger partial charge in [0.25, 0.3) is 0 Å². The van der Waals surface area contributed by atoms with Gasteiger partial charge in [-0.25, -0.2) is 0 Å². The van der Waals surface area contributed by atoms with E-state index >= 15 is 0 Å². The van der Waals surface area contributed by atoms with Crippen molar-refractivity contribution >= 4 is 23.6 Å². The largest absolute Gasteiger partial charge is 0.357 e. The summed E-state index contributed by atoms with van der Waals surface area (Å²) < 4.78 is 2.02. The van der Waals surface area contributed by atoms with Crippen LogP contribution in [0.15, 0.2) is 29.4 Å². The minimum Gasteiger partial charge on any atom is -0.357 e. The van der Waals surface area contributed by atoms with Crippen molar-refractivity contribution in [2.75, 3.05) is 19.3 Å². The summed E-state index contributed by atoms with van der Waals surface area (Å²) in [6, 6.07) is 7.79. The molecule has 0 radical (unpaired) electrons. The van der Waals surface area contributed by atoms with Gasteiger partial charge in [0.15, 0.2) is 11.0 Å². The van der Waals surface area contributed by atoms with E-state index in [-0.39, 0.29) is 23.6 Å². The Labute approximate surface area is 163 Å². The average Bonchev–Trinajstić information content (AvgIpc) is 3.32. The van der Waals surface area contributed by atoms with Crippen molar-refractivity contribution in [3.05, 3.63) is 29.8 Å². The fraction of sp³-hybridized carbons (Fsp3) is 0.474. The number of thioether (sulfide) groups is 1. The van der Waals surface area contributed by atoms with Gasteiger partial charge in [0.05, 0.1) is 5.75 Å². The predicted molar refractivity (Wildman–Crippen MR) is 105 cm³/mol. The molecule has 1 aromatic heterocycles. The third kappa shape index (κ3) is 4.16. The highest BCUT2D eigenvalue weighted by Gasteiger charge is 2.33. The summed E-state index contributed by atoms with van der Waals surface area (Å²) in [7, 11) is 1.61. The second-order valence-corrected chi connectivity index (χ2v) is 7.51. The maximum atomic E-state index is 12.6. The van der Waals surface area contributed by atoms with E-state index in [0.29, 0.717) is 6.54 Å². The van der Waals surface area contributed by atoms with E-state index in [9.17, 15) is 9.59 Å². The second-order valence-electron chi connectivity index (χ2n) is 6.57. The zero-order valence-corrected chi connectivity index (χ0v) is 16.8. The molecule has 0 bridgehead atoms. The summed E-state index contributed by atoms with van der Waals surface area (Å²) in [5, 5.41) is 12.0. The van der Waals surface area contributed by atoms with Crippen LogP contribution in [-0.4, -0.2) is 56.9 Å². The molecular weight excluding hydrogens is 362 g/mol. The number of benzene rings is 1. The predicted octanol–water partition coefficient (Wildman–Crippen LogP) is 2.10. The molecule has 8 heteroatoms. The number of hydrogen-bond donors (Lipinski definition) is 1. The molecule has 0 aliphatic carbocycles. The lowest BCUT2D eigenvalue weighted by atomic mass is 10.1.